The Bertz CT molecular complexity index is 518. The fourth-order valence-electron chi connectivity index (χ4n) is 1.61. The fraction of sp³-hybridized carbons (Fsp3) is 0.467. The van der Waals surface area contributed by atoms with Gasteiger partial charge in [-0.15, -0.1) is 0 Å². The lowest BCUT2D eigenvalue weighted by Gasteiger charge is -2.23. The number of anilines is 1. The summed E-state index contributed by atoms with van der Waals surface area (Å²) in [5.74, 6) is -0.931. The van der Waals surface area contributed by atoms with Crippen molar-refractivity contribution in [3.63, 3.8) is 0 Å². The van der Waals surface area contributed by atoms with Gasteiger partial charge in [-0.25, -0.2) is 4.79 Å². The van der Waals surface area contributed by atoms with Crippen molar-refractivity contribution in [2.24, 2.45) is 0 Å². The Morgan fingerprint density at radius 3 is 2.45 bits per heavy atom. The van der Waals surface area contributed by atoms with Crippen LogP contribution in [0, 0.1) is 6.92 Å². The van der Waals surface area contributed by atoms with Crippen molar-refractivity contribution in [3.05, 3.63) is 29.3 Å². The van der Waals surface area contributed by atoms with Gasteiger partial charge in [0.1, 0.15) is 0 Å². The Morgan fingerprint density at radius 1 is 1.30 bits per heavy atom. The summed E-state index contributed by atoms with van der Waals surface area (Å²) < 4.78 is 5.15. The standard InChI is InChI=1S/C15H22N2O3/c1-9-7-6-8-11(12(9)16)14(19)20-10(2)13(18)17-15(3,4)5/h6-8,10H,16H2,1-5H3,(H,17,18). The SMILES string of the molecule is Cc1cccc(C(=O)OC(C)C(=O)NC(C)(C)C)c1N. The van der Waals surface area contributed by atoms with Crippen LogP contribution < -0.4 is 11.1 Å². The highest BCUT2D eigenvalue weighted by Gasteiger charge is 2.23. The summed E-state index contributed by atoms with van der Waals surface area (Å²) in [5.41, 5.74) is 6.91. The van der Waals surface area contributed by atoms with Gasteiger partial charge in [0.2, 0.25) is 0 Å². The molecular formula is C15H22N2O3. The highest BCUT2D eigenvalue weighted by atomic mass is 16.5. The third kappa shape index (κ3) is 4.26. The second-order valence-corrected chi connectivity index (χ2v) is 5.82. The minimum atomic E-state index is -0.873. The first-order valence-corrected chi connectivity index (χ1v) is 6.50. The number of para-hydroxylation sites is 1. The monoisotopic (exact) mass is 278 g/mol. The van der Waals surface area contributed by atoms with E-state index in [9.17, 15) is 9.59 Å². The molecule has 1 atom stereocenters. The molecule has 1 aromatic rings. The van der Waals surface area contributed by atoms with Gasteiger partial charge >= 0.3 is 5.97 Å². The van der Waals surface area contributed by atoms with E-state index in [1.54, 1.807) is 12.1 Å². The summed E-state index contributed by atoms with van der Waals surface area (Å²) >= 11 is 0. The first kappa shape index (κ1) is 16.0. The number of nitrogen functional groups attached to an aromatic ring is 1. The van der Waals surface area contributed by atoms with Crippen molar-refractivity contribution >= 4 is 17.6 Å². The average molecular weight is 278 g/mol. The molecule has 5 nitrogen and oxygen atoms in total. The largest absolute Gasteiger partial charge is 0.449 e. The predicted molar refractivity (Wildman–Crippen MR) is 78.4 cm³/mol. The number of amides is 1. The van der Waals surface area contributed by atoms with Gasteiger partial charge in [-0.3, -0.25) is 4.79 Å². The fourth-order valence-corrected chi connectivity index (χ4v) is 1.61. The summed E-state index contributed by atoms with van der Waals surface area (Å²) in [5, 5.41) is 2.75. The number of carbonyl (C=O) groups is 2. The first-order valence-electron chi connectivity index (χ1n) is 6.50. The minimum absolute atomic E-state index is 0.278. The molecule has 1 rings (SSSR count). The summed E-state index contributed by atoms with van der Waals surface area (Å²) in [7, 11) is 0. The van der Waals surface area contributed by atoms with Crippen LogP contribution in [0.4, 0.5) is 5.69 Å². The number of aryl methyl sites for hydroxylation is 1. The van der Waals surface area contributed by atoms with Crippen LogP contribution in [0.15, 0.2) is 18.2 Å². The summed E-state index contributed by atoms with van der Waals surface area (Å²) in [4.78, 5) is 23.9. The predicted octanol–water partition coefficient (Wildman–Crippen LogP) is 2.04. The van der Waals surface area contributed by atoms with Crippen LogP contribution >= 0.6 is 0 Å². The molecule has 110 valence electrons. The van der Waals surface area contributed by atoms with Crippen LogP contribution in [-0.4, -0.2) is 23.5 Å². The number of rotatable bonds is 3. The number of esters is 1. The van der Waals surface area contributed by atoms with Gasteiger partial charge in [0.25, 0.3) is 5.91 Å². The van der Waals surface area contributed by atoms with Gasteiger partial charge in [-0.1, -0.05) is 12.1 Å². The lowest BCUT2D eigenvalue weighted by Crippen LogP contribution is -2.46. The molecule has 1 amide bonds. The maximum absolute atomic E-state index is 12.0. The quantitative estimate of drug-likeness (QED) is 0.655. The highest BCUT2D eigenvalue weighted by Crippen LogP contribution is 2.18. The molecule has 0 bridgehead atoms. The van der Waals surface area contributed by atoms with E-state index in [1.807, 2.05) is 33.8 Å². The average Bonchev–Trinajstić information content (AvgIpc) is 2.30. The molecule has 0 saturated carbocycles. The maximum atomic E-state index is 12.0. The number of ether oxygens (including phenoxy) is 1. The van der Waals surface area contributed by atoms with E-state index in [4.69, 9.17) is 10.5 Å². The van der Waals surface area contributed by atoms with E-state index < -0.39 is 12.1 Å². The van der Waals surface area contributed by atoms with Gasteiger partial charge < -0.3 is 15.8 Å². The zero-order chi connectivity index (χ0) is 15.5. The van der Waals surface area contributed by atoms with E-state index >= 15 is 0 Å². The summed E-state index contributed by atoms with van der Waals surface area (Å²) in [6.45, 7) is 8.92. The van der Waals surface area contributed by atoms with Crippen LogP contribution in [0.1, 0.15) is 43.6 Å². The minimum Gasteiger partial charge on any atom is -0.449 e. The maximum Gasteiger partial charge on any atom is 0.341 e. The number of benzene rings is 1. The Morgan fingerprint density at radius 2 is 1.90 bits per heavy atom. The molecule has 0 aliphatic carbocycles. The summed E-state index contributed by atoms with van der Waals surface area (Å²) in [6.07, 6.45) is -0.873. The van der Waals surface area contributed by atoms with Crippen molar-refractivity contribution in [1.29, 1.82) is 0 Å². The van der Waals surface area contributed by atoms with Gasteiger partial charge in [-0.2, -0.15) is 0 Å². The van der Waals surface area contributed by atoms with Crippen molar-refractivity contribution < 1.29 is 14.3 Å². The molecule has 0 radical (unpaired) electrons. The molecule has 0 heterocycles. The van der Waals surface area contributed by atoms with Gasteiger partial charge in [0.15, 0.2) is 6.10 Å². The van der Waals surface area contributed by atoms with Crippen LogP contribution in [0.5, 0.6) is 0 Å². The second kappa shape index (κ2) is 5.94. The molecular weight excluding hydrogens is 256 g/mol. The van der Waals surface area contributed by atoms with Gasteiger partial charge in [-0.05, 0) is 46.2 Å². The lowest BCUT2D eigenvalue weighted by molar-refractivity contribution is -0.130. The highest BCUT2D eigenvalue weighted by molar-refractivity contribution is 5.97. The number of nitrogens with two attached hydrogens (primary N) is 1. The molecule has 0 saturated heterocycles. The Hall–Kier alpha value is -2.04. The van der Waals surface area contributed by atoms with Gasteiger partial charge in [0.05, 0.1) is 5.56 Å². The number of hydrogen-bond acceptors (Lipinski definition) is 4. The van der Waals surface area contributed by atoms with E-state index in [0.29, 0.717) is 5.69 Å². The molecule has 1 unspecified atom stereocenters. The second-order valence-electron chi connectivity index (χ2n) is 5.82. The molecule has 0 aliphatic heterocycles. The van der Waals surface area contributed by atoms with Crippen LogP contribution in [0.25, 0.3) is 0 Å². The first-order chi connectivity index (χ1) is 9.11. The smallest absolute Gasteiger partial charge is 0.341 e. The Labute approximate surface area is 119 Å². The number of hydrogen-bond donors (Lipinski definition) is 2. The molecule has 3 N–H and O–H groups in total. The topological polar surface area (TPSA) is 81.4 Å². The summed E-state index contributed by atoms with van der Waals surface area (Å²) in [6, 6.07) is 5.11. The van der Waals surface area contributed by atoms with Crippen molar-refractivity contribution in [2.45, 2.75) is 46.3 Å². The zero-order valence-corrected chi connectivity index (χ0v) is 12.6. The normalized spacial score (nSPS) is 12.7. The van der Waals surface area contributed by atoms with Crippen molar-refractivity contribution in [3.8, 4) is 0 Å². The molecule has 1 aromatic carbocycles. The third-order valence-corrected chi connectivity index (χ3v) is 2.70. The third-order valence-electron chi connectivity index (χ3n) is 2.70. The van der Waals surface area contributed by atoms with E-state index in [0.717, 1.165) is 5.56 Å². The van der Waals surface area contributed by atoms with E-state index in [-0.39, 0.29) is 17.0 Å². The molecule has 0 aromatic heterocycles. The number of nitrogens with one attached hydrogen (secondary N) is 1. The lowest BCUT2D eigenvalue weighted by atomic mass is 10.1. The van der Waals surface area contributed by atoms with Crippen molar-refractivity contribution in [1.82, 2.24) is 5.32 Å². The molecule has 0 aliphatic rings. The van der Waals surface area contributed by atoms with E-state index in [1.165, 1.54) is 6.92 Å². The van der Waals surface area contributed by atoms with Gasteiger partial charge in [0, 0.05) is 11.2 Å². The molecule has 5 heteroatoms. The number of carbonyl (C=O) groups excluding carboxylic acids is 2. The van der Waals surface area contributed by atoms with E-state index in [2.05, 4.69) is 5.32 Å². The van der Waals surface area contributed by atoms with Crippen LogP contribution in [0.3, 0.4) is 0 Å². The Kier molecular flexibility index (Phi) is 4.76. The van der Waals surface area contributed by atoms with Crippen LogP contribution in [-0.2, 0) is 9.53 Å². The van der Waals surface area contributed by atoms with Crippen molar-refractivity contribution in [2.75, 3.05) is 5.73 Å². The zero-order valence-electron chi connectivity index (χ0n) is 12.6. The Balaban J connectivity index is 2.76. The van der Waals surface area contributed by atoms with Crippen LogP contribution in [0.2, 0.25) is 0 Å². The molecule has 0 fully saturated rings. The molecule has 20 heavy (non-hydrogen) atoms. The molecule has 0 spiro atoms.